The van der Waals surface area contributed by atoms with Gasteiger partial charge in [0.15, 0.2) is 5.96 Å². The van der Waals surface area contributed by atoms with Crippen LogP contribution in [0, 0.1) is 6.92 Å². The van der Waals surface area contributed by atoms with Crippen LogP contribution >= 0.6 is 11.3 Å². The fraction of sp³-hybridized carbons (Fsp3) is 0.524. The first-order chi connectivity index (χ1) is 13.5. The first-order valence-corrected chi connectivity index (χ1v) is 10.6. The Morgan fingerprint density at radius 3 is 2.57 bits per heavy atom. The van der Waals surface area contributed by atoms with Crippen LogP contribution in [0.15, 0.2) is 34.6 Å². The van der Waals surface area contributed by atoms with Crippen molar-refractivity contribution in [2.75, 3.05) is 40.8 Å². The van der Waals surface area contributed by atoms with Gasteiger partial charge in [-0.25, -0.2) is 9.98 Å². The van der Waals surface area contributed by atoms with Crippen molar-refractivity contribution >= 4 is 17.3 Å². The number of nitrogens with zero attached hydrogens (tertiary/aromatic N) is 4. The van der Waals surface area contributed by atoms with E-state index in [9.17, 15) is 0 Å². The molecule has 0 saturated heterocycles. The minimum Gasteiger partial charge on any atom is -0.494 e. The minimum absolute atomic E-state index is 0.629. The van der Waals surface area contributed by atoms with Gasteiger partial charge in [0, 0.05) is 25.5 Å². The molecule has 0 bridgehead atoms. The van der Waals surface area contributed by atoms with Crippen LogP contribution in [0.4, 0.5) is 0 Å². The Kier molecular flexibility index (Phi) is 9.23. The van der Waals surface area contributed by atoms with Crippen molar-refractivity contribution in [1.82, 2.24) is 20.1 Å². The number of nitrogens with one attached hydrogen (secondary N) is 1. The Morgan fingerprint density at radius 1 is 1.21 bits per heavy atom. The predicted octanol–water partition coefficient (Wildman–Crippen LogP) is 3.38. The maximum atomic E-state index is 5.79. The van der Waals surface area contributed by atoms with Gasteiger partial charge < -0.3 is 19.9 Å². The molecule has 1 aromatic heterocycles. The van der Waals surface area contributed by atoms with Gasteiger partial charge in [-0.05, 0) is 52.1 Å². The number of thiazole rings is 1. The molecule has 2 rings (SSSR count). The van der Waals surface area contributed by atoms with Crippen molar-refractivity contribution < 1.29 is 4.74 Å². The summed E-state index contributed by atoms with van der Waals surface area (Å²) in [7, 11) is 6.19. The Labute approximate surface area is 173 Å². The van der Waals surface area contributed by atoms with Crippen molar-refractivity contribution in [2.24, 2.45) is 4.99 Å². The maximum absolute atomic E-state index is 5.79. The van der Waals surface area contributed by atoms with E-state index in [4.69, 9.17) is 9.73 Å². The van der Waals surface area contributed by atoms with Crippen molar-refractivity contribution in [2.45, 2.75) is 33.4 Å². The first kappa shape index (κ1) is 22.2. The largest absolute Gasteiger partial charge is 0.494 e. The molecule has 2 aromatic rings. The van der Waals surface area contributed by atoms with Gasteiger partial charge >= 0.3 is 0 Å². The molecule has 0 fully saturated rings. The van der Waals surface area contributed by atoms with Crippen LogP contribution < -0.4 is 10.1 Å². The van der Waals surface area contributed by atoms with Crippen molar-refractivity contribution in [1.29, 1.82) is 0 Å². The Morgan fingerprint density at radius 2 is 1.96 bits per heavy atom. The van der Waals surface area contributed by atoms with E-state index >= 15 is 0 Å². The molecule has 7 heteroatoms. The lowest BCUT2D eigenvalue weighted by molar-refractivity contribution is 0.281. The molecule has 0 radical (unpaired) electrons. The fourth-order valence-corrected chi connectivity index (χ4v) is 3.30. The number of guanidine groups is 1. The molecule has 0 aliphatic heterocycles. The van der Waals surface area contributed by atoms with E-state index in [2.05, 4.69) is 58.6 Å². The summed E-state index contributed by atoms with van der Waals surface area (Å²) in [5, 5.41) is 6.55. The molecule has 0 amide bonds. The van der Waals surface area contributed by atoms with Crippen LogP contribution in [0.3, 0.4) is 0 Å². The number of aliphatic imine (C=N–C) groups is 1. The number of aromatic nitrogens is 1. The molecule has 0 atom stereocenters. The van der Waals surface area contributed by atoms with E-state index in [1.165, 1.54) is 0 Å². The summed E-state index contributed by atoms with van der Waals surface area (Å²) >= 11 is 1.68. The Hall–Kier alpha value is -2.12. The van der Waals surface area contributed by atoms with E-state index in [1.54, 1.807) is 11.3 Å². The highest BCUT2D eigenvalue weighted by Gasteiger charge is 2.08. The fourth-order valence-electron chi connectivity index (χ4n) is 2.70. The van der Waals surface area contributed by atoms with Gasteiger partial charge in [0.2, 0.25) is 0 Å². The smallest absolute Gasteiger partial charge is 0.194 e. The van der Waals surface area contributed by atoms with Gasteiger partial charge in [0.1, 0.15) is 5.75 Å². The molecule has 0 spiro atoms. The summed E-state index contributed by atoms with van der Waals surface area (Å²) in [5.74, 6) is 1.80. The average molecular weight is 404 g/mol. The highest BCUT2D eigenvalue weighted by molar-refractivity contribution is 7.09. The van der Waals surface area contributed by atoms with Gasteiger partial charge in [-0.1, -0.05) is 12.1 Å². The Bertz CT molecular complexity index is 727. The predicted molar refractivity (Wildman–Crippen MR) is 118 cm³/mol. The summed E-state index contributed by atoms with van der Waals surface area (Å²) in [6.45, 7) is 8.09. The first-order valence-electron chi connectivity index (χ1n) is 9.75. The topological polar surface area (TPSA) is 53.0 Å². The van der Waals surface area contributed by atoms with Crippen LogP contribution in [-0.4, -0.2) is 61.6 Å². The molecule has 28 heavy (non-hydrogen) atoms. The third-order valence-electron chi connectivity index (χ3n) is 4.12. The van der Waals surface area contributed by atoms with E-state index < -0.39 is 0 Å². The van der Waals surface area contributed by atoms with Gasteiger partial charge in [-0.3, -0.25) is 0 Å². The molecule has 1 aromatic carbocycles. The second-order valence-corrected chi connectivity index (χ2v) is 8.10. The van der Waals surface area contributed by atoms with Crippen molar-refractivity contribution in [3.63, 3.8) is 0 Å². The minimum atomic E-state index is 0.629. The molecular formula is C21H33N5OS. The van der Waals surface area contributed by atoms with Crippen molar-refractivity contribution in [3.8, 4) is 5.75 Å². The molecule has 1 heterocycles. The number of aryl methyl sites for hydroxylation is 1. The molecule has 0 unspecified atom stereocenters. The third kappa shape index (κ3) is 7.86. The monoisotopic (exact) mass is 403 g/mol. The number of rotatable bonds is 10. The van der Waals surface area contributed by atoms with E-state index in [1.807, 2.05) is 26.1 Å². The quantitative estimate of drug-likeness (QED) is 0.374. The molecule has 0 aliphatic carbocycles. The molecular weight excluding hydrogens is 370 g/mol. The molecule has 1 N–H and O–H groups in total. The maximum Gasteiger partial charge on any atom is 0.194 e. The lowest BCUT2D eigenvalue weighted by Crippen LogP contribution is -2.38. The van der Waals surface area contributed by atoms with Gasteiger partial charge in [-0.2, -0.15) is 0 Å². The molecule has 154 valence electrons. The van der Waals surface area contributed by atoms with Crippen LogP contribution in [0.1, 0.15) is 29.6 Å². The van der Waals surface area contributed by atoms with Crippen molar-refractivity contribution in [3.05, 3.63) is 45.9 Å². The van der Waals surface area contributed by atoms with Crippen LogP contribution in [0.25, 0.3) is 0 Å². The highest BCUT2D eigenvalue weighted by Crippen LogP contribution is 2.14. The van der Waals surface area contributed by atoms with Crippen LogP contribution in [0.2, 0.25) is 0 Å². The molecule has 0 aliphatic rings. The summed E-state index contributed by atoms with van der Waals surface area (Å²) in [6, 6.07) is 8.21. The number of benzene rings is 1. The van der Waals surface area contributed by atoms with Crippen LogP contribution in [-0.2, 0) is 13.1 Å². The standard InChI is InChI=1S/C21H33N5OS/c1-6-22-21(26(5)15-19-16-28-17(2)24-19)23-14-18-8-10-20(11-9-18)27-13-7-12-25(3)4/h8-11,16H,6-7,12-15H2,1-5H3,(H,22,23). The second-order valence-electron chi connectivity index (χ2n) is 7.03. The van der Waals surface area contributed by atoms with Gasteiger partial charge in [0.05, 0.1) is 30.4 Å². The Balaban J connectivity index is 1.88. The molecule has 6 nitrogen and oxygen atoms in total. The zero-order valence-electron chi connectivity index (χ0n) is 17.7. The summed E-state index contributed by atoms with van der Waals surface area (Å²) in [5.41, 5.74) is 2.24. The average Bonchev–Trinajstić information content (AvgIpc) is 3.07. The van der Waals surface area contributed by atoms with Crippen LogP contribution in [0.5, 0.6) is 5.75 Å². The SMILES string of the molecule is CCNC(=NCc1ccc(OCCCN(C)C)cc1)N(C)Cc1csc(C)n1. The van der Waals surface area contributed by atoms with Gasteiger partial charge in [-0.15, -0.1) is 11.3 Å². The van der Waals surface area contributed by atoms with Gasteiger partial charge in [0.25, 0.3) is 0 Å². The van der Waals surface area contributed by atoms with E-state index in [0.717, 1.165) is 60.6 Å². The number of ether oxygens (including phenoxy) is 1. The van der Waals surface area contributed by atoms with E-state index in [0.29, 0.717) is 6.54 Å². The van der Waals surface area contributed by atoms with E-state index in [-0.39, 0.29) is 0 Å². The zero-order chi connectivity index (χ0) is 20.4. The number of hydrogen-bond acceptors (Lipinski definition) is 5. The summed E-state index contributed by atoms with van der Waals surface area (Å²) < 4.78 is 5.79. The second kappa shape index (κ2) is 11.7. The summed E-state index contributed by atoms with van der Waals surface area (Å²) in [4.78, 5) is 13.6. The lowest BCUT2D eigenvalue weighted by atomic mass is 10.2. The normalized spacial score (nSPS) is 11.7. The third-order valence-corrected chi connectivity index (χ3v) is 4.94. The highest BCUT2D eigenvalue weighted by atomic mass is 32.1. The lowest BCUT2D eigenvalue weighted by Gasteiger charge is -2.21. The summed E-state index contributed by atoms with van der Waals surface area (Å²) in [6.07, 6.45) is 1.02. The molecule has 0 saturated carbocycles. The zero-order valence-corrected chi connectivity index (χ0v) is 18.6. The number of hydrogen-bond donors (Lipinski definition) is 1.